The zero-order chi connectivity index (χ0) is 25.4. The number of nitrogens with one attached hydrogen (secondary N) is 1. The third-order valence-corrected chi connectivity index (χ3v) is 5.83. The second-order valence-electron chi connectivity index (χ2n) is 9.14. The molecular weight excluding hydrogens is 454 g/mol. The van der Waals surface area contributed by atoms with Crippen LogP contribution in [0.15, 0.2) is 61.1 Å². The van der Waals surface area contributed by atoms with Gasteiger partial charge in [0, 0.05) is 30.4 Å². The number of hydrogen-bond donors (Lipinski definition) is 2. The highest BCUT2D eigenvalue weighted by molar-refractivity contribution is 5.98. The molecular formula is C26H25N9O. The summed E-state index contributed by atoms with van der Waals surface area (Å²) in [4.78, 5) is 27.1. The van der Waals surface area contributed by atoms with Gasteiger partial charge in [0.05, 0.1) is 28.6 Å². The Morgan fingerprint density at radius 1 is 1.08 bits per heavy atom. The molecule has 10 heteroatoms. The fourth-order valence-electron chi connectivity index (χ4n) is 3.94. The van der Waals surface area contributed by atoms with Crippen LogP contribution < -0.4 is 11.1 Å². The van der Waals surface area contributed by atoms with Crippen LogP contribution in [0.25, 0.3) is 33.5 Å². The number of amides is 1. The van der Waals surface area contributed by atoms with Crippen LogP contribution in [0.3, 0.4) is 0 Å². The molecule has 0 atom stereocenters. The summed E-state index contributed by atoms with van der Waals surface area (Å²) in [6.07, 6.45) is 5.22. The molecule has 3 N–H and O–H groups in total. The SMILES string of the molecule is Cc1cnnc(C(C)(C)NC(=O)c2nc(-c3ccc4ncccc4c3)c(-c3ccn(C)n3)nc2N)c1. The minimum Gasteiger partial charge on any atom is -0.382 e. The van der Waals surface area contributed by atoms with Crippen molar-refractivity contribution in [1.29, 1.82) is 0 Å². The number of benzene rings is 1. The van der Waals surface area contributed by atoms with Crippen molar-refractivity contribution in [3.05, 3.63) is 78.0 Å². The predicted molar refractivity (Wildman–Crippen MR) is 137 cm³/mol. The number of carbonyl (C=O) groups is 1. The molecule has 0 fully saturated rings. The number of anilines is 1. The molecule has 5 aromatic rings. The zero-order valence-corrected chi connectivity index (χ0v) is 20.4. The van der Waals surface area contributed by atoms with Crippen LogP contribution in [0, 0.1) is 6.92 Å². The van der Waals surface area contributed by atoms with Crippen LogP contribution >= 0.6 is 0 Å². The zero-order valence-electron chi connectivity index (χ0n) is 20.4. The summed E-state index contributed by atoms with van der Waals surface area (Å²) < 4.78 is 1.67. The summed E-state index contributed by atoms with van der Waals surface area (Å²) in [5.74, 6) is -0.463. The van der Waals surface area contributed by atoms with Crippen molar-refractivity contribution < 1.29 is 4.79 Å². The van der Waals surface area contributed by atoms with Gasteiger partial charge in [-0.25, -0.2) is 9.97 Å². The van der Waals surface area contributed by atoms with E-state index < -0.39 is 11.4 Å². The number of carbonyl (C=O) groups excluding carboxylic acids is 1. The summed E-state index contributed by atoms with van der Waals surface area (Å²) in [5, 5.41) is 16.6. The fourth-order valence-corrected chi connectivity index (χ4v) is 3.94. The van der Waals surface area contributed by atoms with Gasteiger partial charge in [-0.2, -0.15) is 15.3 Å². The Morgan fingerprint density at radius 2 is 1.92 bits per heavy atom. The number of rotatable bonds is 5. The smallest absolute Gasteiger partial charge is 0.274 e. The molecule has 0 radical (unpaired) electrons. The van der Waals surface area contributed by atoms with E-state index in [9.17, 15) is 4.79 Å². The predicted octanol–water partition coefficient (Wildman–Crippen LogP) is 3.44. The number of aromatic nitrogens is 7. The topological polar surface area (TPSA) is 137 Å². The maximum Gasteiger partial charge on any atom is 0.274 e. The van der Waals surface area contributed by atoms with Gasteiger partial charge in [-0.05, 0) is 56.7 Å². The number of fused-ring (bicyclic) bond motifs is 1. The molecule has 180 valence electrons. The van der Waals surface area contributed by atoms with Gasteiger partial charge in [0.1, 0.15) is 11.4 Å². The van der Waals surface area contributed by atoms with Gasteiger partial charge in [-0.1, -0.05) is 12.1 Å². The van der Waals surface area contributed by atoms with E-state index in [1.807, 2.05) is 76.5 Å². The van der Waals surface area contributed by atoms with E-state index in [-0.39, 0.29) is 11.5 Å². The van der Waals surface area contributed by atoms with Gasteiger partial charge in [-0.3, -0.25) is 14.5 Å². The van der Waals surface area contributed by atoms with Gasteiger partial charge in [-0.15, -0.1) is 0 Å². The second-order valence-corrected chi connectivity index (χ2v) is 9.14. The molecule has 0 aliphatic carbocycles. The minimum absolute atomic E-state index is 0.00508. The molecule has 0 saturated heterocycles. The largest absolute Gasteiger partial charge is 0.382 e. The Labute approximate surface area is 207 Å². The Hall–Kier alpha value is -4.73. The first-order chi connectivity index (χ1) is 17.2. The van der Waals surface area contributed by atoms with E-state index in [1.54, 1.807) is 17.1 Å². The Morgan fingerprint density at radius 3 is 2.67 bits per heavy atom. The van der Waals surface area contributed by atoms with Crippen molar-refractivity contribution >= 4 is 22.6 Å². The number of hydrogen-bond acceptors (Lipinski definition) is 8. The number of aryl methyl sites for hydroxylation is 2. The molecule has 10 nitrogen and oxygen atoms in total. The Kier molecular flexibility index (Phi) is 5.63. The van der Waals surface area contributed by atoms with Gasteiger partial charge >= 0.3 is 0 Å². The molecule has 0 aliphatic heterocycles. The van der Waals surface area contributed by atoms with Crippen LogP contribution in [0.4, 0.5) is 5.82 Å². The molecule has 4 aromatic heterocycles. The van der Waals surface area contributed by atoms with Crippen molar-refractivity contribution in [2.75, 3.05) is 5.73 Å². The summed E-state index contributed by atoms with van der Waals surface area (Å²) in [6, 6.07) is 13.3. The molecule has 0 unspecified atom stereocenters. The lowest BCUT2D eigenvalue weighted by Crippen LogP contribution is -2.42. The first-order valence-corrected chi connectivity index (χ1v) is 11.4. The maximum atomic E-state index is 13.4. The van der Waals surface area contributed by atoms with Crippen molar-refractivity contribution in [3.8, 4) is 22.6 Å². The molecule has 1 amide bonds. The standard InChI is InChI=1S/C26H25N9O/c1-15-12-20(33-29-14-15)26(2,3)32-25(36)23-24(27)31-22(19-9-11-35(4)34-19)21(30-23)17-7-8-18-16(13-17)6-5-10-28-18/h5-14H,1-4H3,(H2,27,31)(H,32,36). The highest BCUT2D eigenvalue weighted by Crippen LogP contribution is 2.32. The number of nitrogens with zero attached hydrogens (tertiary/aromatic N) is 7. The number of nitrogens with two attached hydrogens (primary N) is 1. The van der Waals surface area contributed by atoms with Crippen molar-refractivity contribution in [3.63, 3.8) is 0 Å². The van der Waals surface area contributed by atoms with E-state index >= 15 is 0 Å². The first kappa shape index (κ1) is 23.0. The van der Waals surface area contributed by atoms with E-state index in [1.165, 1.54) is 0 Å². The van der Waals surface area contributed by atoms with Crippen LogP contribution in [0.5, 0.6) is 0 Å². The third kappa shape index (κ3) is 4.36. The van der Waals surface area contributed by atoms with Crippen molar-refractivity contribution in [2.24, 2.45) is 7.05 Å². The normalized spacial score (nSPS) is 11.6. The number of nitrogen functional groups attached to an aromatic ring is 1. The van der Waals surface area contributed by atoms with E-state index in [4.69, 9.17) is 10.7 Å². The van der Waals surface area contributed by atoms with Gasteiger partial charge < -0.3 is 11.1 Å². The molecule has 36 heavy (non-hydrogen) atoms. The van der Waals surface area contributed by atoms with Gasteiger partial charge in [0.2, 0.25) is 0 Å². The molecule has 4 heterocycles. The second kappa shape index (κ2) is 8.81. The third-order valence-electron chi connectivity index (χ3n) is 5.83. The Balaban J connectivity index is 1.61. The van der Waals surface area contributed by atoms with Gasteiger partial charge in [0.15, 0.2) is 11.5 Å². The molecule has 0 saturated carbocycles. The molecule has 0 aliphatic rings. The average Bonchev–Trinajstić information content (AvgIpc) is 3.29. The van der Waals surface area contributed by atoms with Crippen LogP contribution in [0.1, 0.15) is 35.6 Å². The molecule has 5 rings (SSSR count). The highest BCUT2D eigenvalue weighted by Gasteiger charge is 2.29. The maximum absolute atomic E-state index is 13.4. The minimum atomic E-state index is -0.821. The monoisotopic (exact) mass is 479 g/mol. The lowest BCUT2D eigenvalue weighted by Gasteiger charge is -2.25. The van der Waals surface area contributed by atoms with Crippen LogP contribution in [-0.2, 0) is 12.6 Å². The number of pyridine rings is 1. The average molecular weight is 480 g/mol. The molecule has 0 bridgehead atoms. The highest BCUT2D eigenvalue weighted by atomic mass is 16.2. The summed E-state index contributed by atoms with van der Waals surface area (Å²) in [5.41, 5.74) is 10.2. The molecule has 1 aromatic carbocycles. The van der Waals surface area contributed by atoms with Crippen LogP contribution in [0.2, 0.25) is 0 Å². The quantitative estimate of drug-likeness (QED) is 0.391. The van der Waals surface area contributed by atoms with E-state index in [0.717, 1.165) is 22.0 Å². The lowest BCUT2D eigenvalue weighted by atomic mass is 9.99. The van der Waals surface area contributed by atoms with E-state index in [2.05, 4.69) is 30.6 Å². The molecule has 0 spiro atoms. The lowest BCUT2D eigenvalue weighted by molar-refractivity contribution is 0.0905. The summed E-state index contributed by atoms with van der Waals surface area (Å²) in [6.45, 7) is 5.61. The Bertz CT molecular complexity index is 1610. The van der Waals surface area contributed by atoms with Crippen LogP contribution in [-0.4, -0.2) is 40.8 Å². The summed E-state index contributed by atoms with van der Waals surface area (Å²) in [7, 11) is 1.82. The van der Waals surface area contributed by atoms with Crippen molar-refractivity contribution in [1.82, 2.24) is 40.2 Å². The first-order valence-electron chi connectivity index (χ1n) is 11.4. The van der Waals surface area contributed by atoms with Gasteiger partial charge in [0.25, 0.3) is 5.91 Å². The summed E-state index contributed by atoms with van der Waals surface area (Å²) >= 11 is 0. The fraction of sp³-hybridized carbons (Fsp3) is 0.192. The van der Waals surface area contributed by atoms with E-state index in [0.29, 0.717) is 22.8 Å². The van der Waals surface area contributed by atoms with Crippen molar-refractivity contribution in [2.45, 2.75) is 26.3 Å².